The van der Waals surface area contributed by atoms with Crippen molar-refractivity contribution in [3.63, 3.8) is 0 Å². The Morgan fingerprint density at radius 1 is 1.23 bits per heavy atom. The first kappa shape index (κ1) is 8.44. The molecule has 1 aromatic carbocycles. The topological polar surface area (TPSA) is 30.7 Å². The Hall–Kier alpha value is -1.16. The smallest absolute Gasteiger partial charge is 0.195 e. The summed E-state index contributed by atoms with van der Waals surface area (Å²) in [4.78, 5) is 3.98. The molecule has 2 aromatic rings. The maximum Gasteiger partial charge on any atom is 0.195 e. The van der Waals surface area contributed by atoms with E-state index in [1.54, 1.807) is 4.68 Å². The molecule has 0 fully saturated rings. The van der Waals surface area contributed by atoms with E-state index in [4.69, 9.17) is 0 Å². The highest BCUT2D eigenvalue weighted by atomic mass is 79.9. The molecule has 13 heavy (non-hydrogen) atoms. The Labute approximate surface area is 84.5 Å². The van der Waals surface area contributed by atoms with Crippen molar-refractivity contribution >= 4 is 15.9 Å². The zero-order valence-electron chi connectivity index (χ0n) is 6.89. The van der Waals surface area contributed by atoms with Crippen LogP contribution in [0.25, 0.3) is 0 Å². The molecular weight excluding hydrogens is 230 g/mol. The second-order valence-electron chi connectivity index (χ2n) is 2.67. The lowest BCUT2D eigenvalue weighted by atomic mass is 10.2. The van der Waals surface area contributed by atoms with Crippen molar-refractivity contribution in [3.8, 4) is 0 Å². The van der Waals surface area contributed by atoms with Crippen molar-refractivity contribution in [2.24, 2.45) is 0 Å². The van der Waals surface area contributed by atoms with Gasteiger partial charge in [0.05, 0.1) is 6.54 Å². The fourth-order valence-electron chi connectivity index (χ4n) is 1.11. The molecule has 0 aliphatic rings. The molecule has 0 unspecified atom stereocenters. The van der Waals surface area contributed by atoms with Gasteiger partial charge in [0.2, 0.25) is 0 Å². The van der Waals surface area contributed by atoms with E-state index in [9.17, 15) is 0 Å². The summed E-state index contributed by atoms with van der Waals surface area (Å²) in [6.45, 7) is 0.751. The summed E-state index contributed by atoms with van der Waals surface area (Å²) in [5, 5.41) is 4.07. The van der Waals surface area contributed by atoms with E-state index >= 15 is 0 Å². The molecule has 0 saturated carbocycles. The molecule has 0 aliphatic carbocycles. The first-order valence-corrected chi connectivity index (χ1v) is 4.73. The number of hydrogen-bond acceptors (Lipinski definition) is 2. The molecule has 0 saturated heterocycles. The summed E-state index contributed by atoms with van der Waals surface area (Å²) in [5.41, 5.74) is 1.22. The summed E-state index contributed by atoms with van der Waals surface area (Å²) in [6, 6.07) is 10.2. The van der Waals surface area contributed by atoms with Crippen molar-refractivity contribution in [1.82, 2.24) is 14.8 Å². The molecule has 2 rings (SSSR count). The first-order valence-electron chi connectivity index (χ1n) is 3.93. The zero-order chi connectivity index (χ0) is 9.10. The molecule has 1 aromatic heterocycles. The first-order chi connectivity index (χ1) is 6.36. The van der Waals surface area contributed by atoms with Crippen LogP contribution in [-0.4, -0.2) is 14.8 Å². The Balaban J connectivity index is 2.20. The van der Waals surface area contributed by atoms with Gasteiger partial charge in [-0.25, -0.2) is 9.67 Å². The molecule has 0 amide bonds. The molecule has 4 heteroatoms. The van der Waals surface area contributed by atoms with Crippen LogP contribution < -0.4 is 0 Å². The second kappa shape index (κ2) is 3.70. The van der Waals surface area contributed by atoms with Gasteiger partial charge in [-0.1, -0.05) is 30.3 Å². The van der Waals surface area contributed by atoms with Gasteiger partial charge in [0.1, 0.15) is 6.33 Å². The number of benzene rings is 1. The molecule has 1 heterocycles. The lowest BCUT2D eigenvalue weighted by Crippen LogP contribution is -2.01. The van der Waals surface area contributed by atoms with Crippen LogP contribution in [0.3, 0.4) is 0 Å². The molecule has 0 atom stereocenters. The van der Waals surface area contributed by atoms with Gasteiger partial charge in [-0.2, -0.15) is 5.10 Å². The van der Waals surface area contributed by atoms with E-state index in [-0.39, 0.29) is 0 Å². The molecule has 3 nitrogen and oxygen atoms in total. The normalized spacial score (nSPS) is 10.2. The van der Waals surface area contributed by atoms with Crippen LogP contribution in [0.5, 0.6) is 0 Å². The van der Waals surface area contributed by atoms with E-state index in [1.807, 2.05) is 18.2 Å². The highest BCUT2D eigenvalue weighted by Crippen LogP contribution is 2.07. The maximum absolute atomic E-state index is 4.07. The third kappa shape index (κ3) is 1.95. The van der Waals surface area contributed by atoms with Gasteiger partial charge in [-0.3, -0.25) is 0 Å². The molecular formula is C9H8BrN3. The van der Waals surface area contributed by atoms with E-state index in [1.165, 1.54) is 11.9 Å². The van der Waals surface area contributed by atoms with Crippen molar-refractivity contribution in [1.29, 1.82) is 0 Å². The van der Waals surface area contributed by atoms with Gasteiger partial charge >= 0.3 is 0 Å². The Bertz CT molecular complexity index is 383. The monoisotopic (exact) mass is 237 g/mol. The van der Waals surface area contributed by atoms with E-state index < -0.39 is 0 Å². The summed E-state index contributed by atoms with van der Waals surface area (Å²) in [7, 11) is 0. The van der Waals surface area contributed by atoms with Gasteiger partial charge in [0.25, 0.3) is 0 Å². The number of rotatable bonds is 2. The predicted molar refractivity (Wildman–Crippen MR) is 53.3 cm³/mol. The number of halogens is 1. The molecule has 0 spiro atoms. The third-order valence-corrected chi connectivity index (χ3v) is 2.36. The van der Waals surface area contributed by atoms with Gasteiger partial charge in [-0.15, -0.1) is 0 Å². The third-order valence-electron chi connectivity index (χ3n) is 1.74. The van der Waals surface area contributed by atoms with Gasteiger partial charge in [-0.05, 0) is 21.5 Å². The SMILES string of the molecule is Brc1ncnn1Cc1ccccc1. The fraction of sp³-hybridized carbons (Fsp3) is 0.111. The number of aromatic nitrogens is 3. The molecule has 66 valence electrons. The average Bonchev–Trinajstić information content (AvgIpc) is 2.54. The molecule has 0 aliphatic heterocycles. The van der Waals surface area contributed by atoms with Crippen LogP contribution in [-0.2, 0) is 6.54 Å². The standard InChI is InChI=1S/C9H8BrN3/c10-9-11-7-12-13(9)6-8-4-2-1-3-5-8/h1-5,7H,6H2. The molecule has 0 bridgehead atoms. The largest absolute Gasteiger partial charge is 0.236 e. The second-order valence-corrected chi connectivity index (χ2v) is 3.38. The average molecular weight is 238 g/mol. The predicted octanol–water partition coefficient (Wildman–Crippen LogP) is 2.09. The minimum absolute atomic E-state index is 0.751. The summed E-state index contributed by atoms with van der Waals surface area (Å²) < 4.78 is 2.56. The lowest BCUT2D eigenvalue weighted by molar-refractivity contribution is 0.668. The summed E-state index contributed by atoms with van der Waals surface area (Å²) >= 11 is 3.31. The zero-order valence-corrected chi connectivity index (χ0v) is 8.48. The van der Waals surface area contributed by atoms with E-state index in [0.717, 1.165) is 11.3 Å². The minimum atomic E-state index is 0.751. The number of nitrogens with zero attached hydrogens (tertiary/aromatic N) is 3. The highest BCUT2D eigenvalue weighted by molar-refractivity contribution is 9.10. The van der Waals surface area contributed by atoms with Crippen LogP contribution in [0.4, 0.5) is 0 Å². The van der Waals surface area contributed by atoms with Crippen LogP contribution in [0, 0.1) is 0 Å². The summed E-state index contributed by atoms with van der Waals surface area (Å²) in [6.07, 6.45) is 1.53. The molecule has 0 radical (unpaired) electrons. The van der Waals surface area contributed by atoms with Crippen LogP contribution >= 0.6 is 15.9 Å². The van der Waals surface area contributed by atoms with Crippen molar-refractivity contribution in [2.75, 3.05) is 0 Å². The van der Waals surface area contributed by atoms with E-state index in [2.05, 4.69) is 38.1 Å². The minimum Gasteiger partial charge on any atom is -0.236 e. The van der Waals surface area contributed by atoms with Crippen LogP contribution in [0.2, 0.25) is 0 Å². The van der Waals surface area contributed by atoms with E-state index in [0.29, 0.717) is 0 Å². The Kier molecular flexibility index (Phi) is 2.40. The van der Waals surface area contributed by atoms with Crippen molar-refractivity contribution in [2.45, 2.75) is 6.54 Å². The summed E-state index contributed by atoms with van der Waals surface area (Å²) in [5.74, 6) is 0. The van der Waals surface area contributed by atoms with Crippen LogP contribution in [0.1, 0.15) is 5.56 Å². The van der Waals surface area contributed by atoms with Gasteiger partial charge in [0, 0.05) is 0 Å². The number of hydrogen-bond donors (Lipinski definition) is 0. The lowest BCUT2D eigenvalue weighted by Gasteiger charge is -2.01. The van der Waals surface area contributed by atoms with Crippen LogP contribution in [0.15, 0.2) is 41.4 Å². The Morgan fingerprint density at radius 2 is 2.00 bits per heavy atom. The van der Waals surface area contributed by atoms with Crippen molar-refractivity contribution in [3.05, 3.63) is 47.0 Å². The fourth-order valence-corrected chi connectivity index (χ4v) is 1.42. The maximum atomic E-state index is 4.07. The molecule has 0 N–H and O–H groups in total. The van der Waals surface area contributed by atoms with Gasteiger partial charge < -0.3 is 0 Å². The highest BCUT2D eigenvalue weighted by Gasteiger charge is 1.99. The Morgan fingerprint density at radius 3 is 2.62 bits per heavy atom. The van der Waals surface area contributed by atoms with Crippen molar-refractivity contribution < 1.29 is 0 Å². The quantitative estimate of drug-likeness (QED) is 0.801. The van der Waals surface area contributed by atoms with Gasteiger partial charge in [0.15, 0.2) is 4.73 Å².